The van der Waals surface area contributed by atoms with Gasteiger partial charge in [-0.1, -0.05) is 6.92 Å². The van der Waals surface area contributed by atoms with Crippen molar-refractivity contribution in [2.24, 2.45) is 5.92 Å². The lowest BCUT2D eigenvalue weighted by molar-refractivity contribution is 0.0872. The molecule has 3 heterocycles. The third-order valence-electron chi connectivity index (χ3n) is 4.18. The lowest BCUT2D eigenvalue weighted by Gasteiger charge is -2.17. The molecule has 2 N–H and O–H groups in total. The molecule has 2 unspecified atom stereocenters. The molecule has 2 atom stereocenters. The number of hydrogen-bond donors (Lipinski definition) is 2. The Morgan fingerprint density at radius 3 is 3.10 bits per heavy atom. The Kier molecular flexibility index (Phi) is 4.41. The fraction of sp³-hybridized carbons (Fsp3) is 0.562. The Labute approximate surface area is 125 Å². The van der Waals surface area contributed by atoms with Crippen LogP contribution in [0.25, 0.3) is 11.5 Å². The van der Waals surface area contributed by atoms with Crippen molar-refractivity contribution in [1.82, 2.24) is 15.5 Å². The second kappa shape index (κ2) is 6.45. The summed E-state index contributed by atoms with van der Waals surface area (Å²) < 4.78 is 11.4. The van der Waals surface area contributed by atoms with Crippen molar-refractivity contribution >= 4 is 0 Å². The van der Waals surface area contributed by atoms with E-state index in [0.717, 1.165) is 55.3 Å². The maximum absolute atomic E-state index is 5.72. The summed E-state index contributed by atoms with van der Waals surface area (Å²) in [6, 6.07) is 3.94. The molecule has 0 bridgehead atoms. The van der Waals surface area contributed by atoms with Crippen LogP contribution in [-0.4, -0.2) is 29.5 Å². The van der Waals surface area contributed by atoms with Crippen molar-refractivity contribution < 1.29 is 9.15 Å². The highest BCUT2D eigenvalue weighted by Crippen LogP contribution is 2.24. The largest absolute Gasteiger partial charge is 0.460 e. The Hall–Kier alpha value is -1.59. The van der Waals surface area contributed by atoms with Crippen LogP contribution >= 0.6 is 0 Å². The Bertz CT molecular complexity index is 576. The lowest BCUT2D eigenvalue weighted by Crippen LogP contribution is -2.28. The summed E-state index contributed by atoms with van der Waals surface area (Å²) in [5, 5.41) is 10.7. The first-order chi connectivity index (χ1) is 10.3. The Balaban J connectivity index is 1.58. The molecule has 0 saturated carbocycles. The number of furan rings is 1. The SMILES string of the molecule is CCC1OCCC1CNCc1cn[nH]c1-c1ccc(C)o1. The molecule has 0 radical (unpaired) electrons. The van der Waals surface area contributed by atoms with Crippen LogP contribution in [0.5, 0.6) is 0 Å². The number of nitrogens with zero attached hydrogens (tertiary/aromatic N) is 1. The fourth-order valence-corrected chi connectivity index (χ4v) is 3.00. The lowest BCUT2D eigenvalue weighted by atomic mass is 9.99. The number of hydrogen-bond acceptors (Lipinski definition) is 4. The van der Waals surface area contributed by atoms with Crippen molar-refractivity contribution in [3.63, 3.8) is 0 Å². The summed E-state index contributed by atoms with van der Waals surface area (Å²) in [6.45, 7) is 6.81. The number of rotatable bonds is 6. The van der Waals surface area contributed by atoms with Crippen LogP contribution in [0.15, 0.2) is 22.7 Å². The average Bonchev–Trinajstić information content (AvgIpc) is 3.19. The molecule has 1 aliphatic heterocycles. The molecule has 0 amide bonds. The van der Waals surface area contributed by atoms with Gasteiger partial charge in [-0.3, -0.25) is 5.10 Å². The number of aromatic nitrogens is 2. The molecule has 0 aliphatic carbocycles. The molecule has 1 saturated heterocycles. The van der Waals surface area contributed by atoms with Crippen LogP contribution in [-0.2, 0) is 11.3 Å². The van der Waals surface area contributed by atoms with Crippen molar-refractivity contribution in [3.05, 3.63) is 29.7 Å². The highest BCUT2D eigenvalue weighted by Gasteiger charge is 2.26. The molecule has 0 spiro atoms. The van der Waals surface area contributed by atoms with E-state index in [1.165, 1.54) is 0 Å². The van der Waals surface area contributed by atoms with Crippen LogP contribution in [0.3, 0.4) is 0 Å². The van der Waals surface area contributed by atoms with E-state index in [-0.39, 0.29) is 0 Å². The third-order valence-corrected chi connectivity index (χ3v) is 4.18. The third kappa shape index (κ3) is 3.19. The first-order valence-electron chi connectivity index (χ1n) is 7.69. The predicted octanol–water partition coefficient (Wildman–Crippen LogP) is 2.88. The van der Waals surface area contributed by atoms with Gasteiger partial charge in [-0.25, -0.2) is 0 Å². The first kappa shape index (κ1) is 14.4. The summed E-state index contributed by atoms with van der Waals surface area (Å²) in [5.74, 6) is 2.38. The van der Waals surface area contributed by atoms with E-state index in [0.29, 0.717) is 12.0 Å². The smallest absolute Gasteiger partial charge is 0.152 e. The van der Waals surface area contributed by atoms with Gasteiger partial charge in [0.2, 0.25) is 0 Å². The van der Waals surface area contributed by atoms with Crippen molar-refractivity contribution in [2.45, 2.75) is 39.3 Å². The fourth-order valence-electron chi connectivity index (χ4n) is 3.00. The van der Waals surface area contributed by atoms with Crippen molar-refractivity contribution in [2.75, 3.05) is 13.2 Å². The van der Waals surface area contributed by atoms with Crippen LogP contribution in [0.4, 0.5) is 0 Å². The quantitative estimate of drug-likeness (QED) is 0.858. The van der Waals surface area contributed by atoms with Crippen LogP contribution < -0.4 is 5.32 Å². The number of aromatic amines is 1. The van der Waals surface area contributed by atoms with Crippen molar-refractivity contribution in [3.8, 4) is 11.5 Å². The highest BCUT2D eigenvalue weighted by molar-refractivity contribution is 5.56. The van der Waals surface area contributed by atoms with E-state index in [1.54, 1.807) is 0 Å². The van der Waals surface area contributed by atoms with Crippen molar-refractivity contribution in [1.29, 1.82) is 0 Å². The summed E-state index contributed by atoms with van der Waals surface area (Å²) in [7, 11) is 0. The van der Waals surface area contributed by atoms with E-state index in [9.17, 15) is 0 Å². The van der Waals surface area contributed by atoms with E-state index in [4.69, 9.17) is 9.15 Å². The van der Waals surface area contributed by atoms with Gasteiger partial charge in [0.25, 0.3) is 0 Å². The Morgan fingerprint density at radius 2 is 2.33 bits per heavy atom. The van der Waals surface area contributed by atoms with E-state index in [1.807, 2.05) is 25.3 Å². The van der Waals surface area contributed by atoms with Gasteiger partial charge in [0.15, 0.2) is 5.76 Å². The highest BCUT2D eigenvalue weighted by atomic mass is 16.5. The number of ether oxygens (including phenoxy) is 1. The number of nitrogens with one attached hydrogen (secondary N) is 2. The molecule has 0 aromatic carbocycles. The molecule has 114 valence electrons. The topological polar surface area (TPSA) is 63.1 Å². The predicted molar refractivity (Wildman–Crippen MR) is 80.9 cm³/mol. The molecule has 2 aromatic heterocycles. The van der Waals surface area contributed by atoms with Crippen LogP contribution in [0, 0.1) is 12.8 Å². The zero-order valence-electron chi connectivity index (χ0n) is 12.7. The maximum Gasteiger partial charge on any atom is 0.152 e. The molecular formula is C16H23N3O2. The van der Waals surface area contributed by atoms with E-state index >= 15 is 0 Å². The second-order valence-electron chi connectivity index (χ2n) is 5.68. The van der Waals surface area contributed by atoms with Gasteiger partial charge in [-0.2, -0.15) is 5.10 Å². The molecule has 2 aromatic rings. The average molecular weight is 289 g/mol. The summed E-state index contributed by atoms with van der Waals surface area (Å²) in [6.07, 6.45) is 4.52. The van der Waals surface area contributed by atoms with Gasteiger partial charge in [-0.05, 0) is 37.8 Å². The monoisotopic (exact) mass is 289 g/mol. The van der Waals surface area contributed by atoms with Crippen LogP contribution in [0.1, 0.15) is 31.1 Å². The standard InChI is InChI=1S/C16H23N3O2/c1-3-14-12(6-7-20-14)8-17-9-13-10-18-19-16(13)15-5-4-11(2)21-15/h4-5,10,12,14,17H,3,6-9H2,1-2H3,(H,18,19). The van der Waals surface area contributed by atoms with Gasteiger partial charge in [0, 0.05) is 25.3 Å². The normalized spacial score (nSPS) is 22.0. The molecule has 1 fully saturated rings. The molecule has 3 rings (SSSR count). The first-order valence-corrected chi connectivity index (χ1v) is 7.69. The van der Waals surface area contributed by atoms with Gasteiger partial charge in [0.1, 0.15) is 11.5 Å². The van der Waals surface area contributed by atoms with Gasteiger partial charge in [-0.15, -0.1) is 0 Å². The summed E-state index contributed by atoms with van der Waals surface area (Å²) in [4.78, 5) is 0. The molecule has 21 heavy (non-hydrogen) atoms. The minimum Gasteiger partial charge on any atom is -0.460 e. The van der Waals surface area contributed by atoms with E-state index < -0.39 is 0 Å². The molecular weight excluding hydrogens is 266 g/mol. The van der Waals surface area contributed by atoms with E-state index in [2.05, 4.69) is 22.4 Å². The number of aryl methyl sites for hydroxylation is 1. The van der Waals surface area contributed by atoms with Gasteiger partial charge >= 0.3 is 0 Å². The Morgan fingerprint density at radius 1 is 1.43 bits per heavy atom. The molecule has 5 nitrogen and oxygen atoms in total. The minimum absolute atomic E-state index is 0.411. The zero-order chi connectivity index (χ0) is 14.7. The zero-order valence-corrected chi connectivity index (χ0v) is 12.7. The number of H-pyrrole nitrogens is 1. The summed E-state index contributed by atoms with van der Waals surface area (Å²) >= 11 is 0. The minimum atomic E-state index is 0.411. The molecule has 5 heteroatoms. The molecule has 1 aliphatic rings. The van der Waals surface area contributed by atoms with Gasteiger partial charge < -0.3 is 14.5 Å². The maximum atomic E-state index is 5.72. The van der Waals surface area contributed by atoms with Crippen LogP contribution in [0.2, 0.25) is 0 Å². The summed E-state index contributed by atoms with van der Waals surface area (Å²) in [5.41, 5.74) is 2.10. The second-order valence-corrected chi connectivity index (χ2v) is 5.68. The van der Waals surface area contributed by atoms with Gasteiger partial charge in [0.05, 0.1) is 12.3 Å².